The molecule has 1 amide bonds. The van der Waals surface area contributed by atoms with Crippen LogP contribution in [0.3, 0.4) is 0 Å². The molecule has 0 spiro atoms. The van der Waals surface area contributed by atoms with E-state index in [1.54, 1.807) is 25.6 Å². The molecule has 0 aliphatic carbocycles. The van der Waals surface area contributed by atoms with Gasteiger partial charge in [-0.1, -0.05) is 39.0 Å². The molecule has 2 rings (SSSR count). The average Bonchev–Trinajstić information content (AvgIpc) is 2.55. The molecule has 1 aromatic heterocycles. The van der Waals surface area contributed by atoms with Gasteiger partial charge in [-0.2, -0.15) is 0 Å². The van der Waals surface area contributed by atoms with Crippen LogP contribution >= 0.6 is 0 Å². The molecule has 0 saturated carbocycles. The van der Waals surface area contributed by atoms with Gasteiger partial charge in [-0.3, -0.25) is 9.78 Å². The second-order valence-electron chi connectivity index (χ2n) is 6.63. The maximum absolute atomic E-state index is 12.6. The van der Waals surface area contributed by atoms with E-state index in [0.29, 0.717) is 18.7 Å². The zero-order valence-corrected chi connectivity index (χ0v) is 14.7. The van der Waals surface area contributed by atoms with Crippen LogP contribution in [0.25, 0.3) is 0 Å². The summed E-state index contributed by atoms with van der Waals surface area (Å²) in [4.78, 5) is 16.7. The lowest BCUT2D eigenvalue weighted by Gasteiger charge is -2.23. The third-order valence-corrected chi connectivity index (χ3v) is 3.62. The van der Waals surface area contributed by atoms with Crippen LogP contribution < -0.4 is 10.6 Å². The van der Waals surface area contributed by atoms with Gasteiger partial charge in [0.05, 0.1) is 17.9 Å². The van der Waals surface area contributed by atoms with Crippen molar-refractivity contribution in [1.82, 2.24) is 4.98 Å². The van der Waals surface area contributed by atoms with Crippen molar-refractivity contribution in [2.45, 2.75) is 26.2 Å². The van der Waals surface area contributed by atoms with Crippen LogP contribution in [0, 0.1) is 0 Å². The van der Waals surface area contributed by atoms with E-state index in [2.05, 4.69) is 36.4 Å². The van der Waals surface area contributed by atoms with E-state index in [1.807, 2.05) is 24.3 Å². The summed E-state index contributed by atoms with van der Waals surface area (Å²) in [6, 6.07) is 9.66. The zero-order chi connectivity index (χ0) is 17.6. The molecule has 0 fully saturated rings. The summed E-state index contributed by atoms with van der Waals surface area (Å²) in [7, 11) is 1.65. The highest BCUT2D eigenvalue weighted by molar-refractivity contribution is 6.05. The number of carbonyl (C=O) groups excluding carboxylic acids is 1. The maximum atomic E-state index is 12.6. The Morgan fingerprint density at radius 3 is 2.67 bits per heavy atom. The van der Waals surface area contributed by atoms with Crippen molar-refractivity contribution < 1.29 is 9.53 Å². The van der Waals surface area contributed by atoms with E-state index in [4.69, 9.17) is 4.74 Å². The van der Waals surface area contributed by atoms with Crippen LogP contribution in [0.1, 0.15) is 36.7 Å². The topological polar surface area (TPSA) is 63.2 Å². The standard InChI is InChI=1S/C19H25N3O2/c1-19(2,3)16-7-5-6-8-17(16)22-18(23)14-11-15(13-20-12-14)21-9-10-24-4/h5-8,11-13,21H,9-10H2,1-4H3,(H,22,23). The fourth-order valence-corrected chi connectivity index (χ4v) is 2.40. The van der Waals surface area contributed by atoms with Gasteiger partial charge in [0.2, 0.25) is 0 Å². The van der Waals surface area contributed by atoms with Crippen LogP contribution in [0.5, 0.6) is 0 Å². The predicted molar refractivity (Wildman–Crippen MR) is 97.7 cm³/mol. The molecule has 0 aliphatic heterocycles. The Bertz CT molecular complexity index is 693. The number of aromatic nitrogens is 1. The minimum absolute atomic E-state index is 0.0499. The molecule has 5 nitrogen and oxygen atoms in total. The minimum atomic E-state index is -0.172. The van der Waals surface area contributed by atoms with Crippen molar-refractivity contribution in [3.05, 3.63) is 53.9 Å². The Morgan fingerprint density at radius 1 is 1.21 bits per heavy atom. The van der Waals surface area contributed by atoms with Gasteiger partial charge in [0, 0.05) is 31.7 Å². The fraction of sp³-hybridized carbons (Fsp3) is 0.368. The smallest absolute Gasteiger partial charge is 0.257 e. The third-order valence-electron chi connectivity index (χ3n) is 3.62. The molecule has 5 heteroatoms. The molecule has 0 saturated heterocycles. The summed E-state index contributed by atoms with van der Waals surface area (Å²) in [6.07, 6.45) is 3.26. The molecule has 1 aromatic carbocycles. The highest BCUT2D eigenvalue weighted by Crippen LogP contribution is 2.29. The number of ether oxygens (including phenoxy) is 1. The van der Waals surface area contributed by atoms with E-state index in [0.717, 1.165) is 16.9 Å². The summed E-state index contributed by atoms with van der Waals surface area (Å²) in [5, 5.41) is 6.17. The molecule has 128 valence electrons. The fourth-order valence-electron chi connectivity index (χ4n) is 2.40. The first kappa shape index (κ1) is 17.9. The lowest BCUT2D eigenvalue weighted by Crippen LogP contribution is -2.19. The Balaban J connectivity index is 2.15. The quantitative estimate of drug-likeness (QED) is 0.794. The number of hydrogen-bond donors (Lipinski definition) is 2. The number of methoxy groups -OCH3 is 1. The number of rotatable bonds is 6. The van der Waals surface area contributed by atoms with Gasteiger partial charge in [0.1, 0.15) is 0 Å². The molecule has 0 aliphatic rings. The van der Waals surface area contributed by atoms with E-state index < -0.39 is 0 Å². The number of carbonyl (C=O) groups is 1. The molecule has 0 unspecified atom stereocenters. The third kappa shape index (κ3) is 4.80. The first-order valence-electron chi connectivity index (χ1n) is 8.00. The lowest BCUT2D eigenvalue weighted by atomic mass is 9.86. The summed E-state index contributed by atoms with van der Waals surface area (Å²) in [6.45, 7) is 7.63. The molecule has 0 atom stereocenters. The van der Waals surface area contributed by atoms with Gasteiger partial charge < -0.3 is 15.4 Å². The molecule has 2 N–H and O–H groups in total. The van der Waals surface area contributed by atoms with Crippen molar-refractivity contribution >= 4 is 17.3 Å². The maximum Gasteiger partial charge on any atom is 0.257 e. The second kappa shape index (κ2) is 7.93. The average molecular weight is 327 g/mol. The van der Waals surface area contributed by atoms with Crippen LogP contribution in [-0.4, -0.2) is 31.2 Å². The van der Waals surface area contributed by atoms with E-state index in [9.17, 15) is 4.79 Å². The molecule has 0 radical (unpaired) electrons. The predicted octanol–water partition coefficient (Wildman–Crippen LogP) is 3.69. The van der Waals surface area contributed by atoms with E-state index in [1.165, 1.54) is 0 Å². The first-order chi connectivity index (χ1) is 11.4. The molecule has 1 heterocycles. The number of benzene rings is 1. The summed E-state index contributed by atoms with van der Waals surface area (Å²) < 4.78 is 5.00. The minimum Gasteiger partial charge on any atom is -0.383 e. The van der Waals surface area contributed by atoms with Crippen molar-refractivity contribution in [3.63, 3.8) is 0 Å². The molecular weight excluding hydrogens is 302 g/mol. The van der Waals surface area contributed by atoms with Crippen LogP contribution in [0.4, 0.5) is 11.4 Å². The van der Waals surface area contributed by atoms with Gasteiger partial charge in [-0.15, -0.1) is 0 Å². The number of nitrogens with one attached hydrogen (secondary N) is 2. The van der Waals surface area contributed by atoms with Crippen molar-refractivity contribution in [3.8, 4) is 0 Å². The van der Waals surface area contributed by atoms with Gasteiger partial charge in [-0.25, -0.2) is 0 Å². The van der Waals surface area contributed by atoms with Crippen LogP contribution in [-0.2, 0) is 10.2 Å². The Morgan fingerprint density at radius 2 is 1.96 bits per heavy atom. The van der Waals surface area contributed by atoms with Gasteiger partial charge >= 0.3 is 0 Å². The first-order valence-corrected chi connectivity index (χ1v) is 8.00. The number of para-hydroxylation sites is 1. The summed E-state index contributed by atoms with van der Waals surface area (Å²) in [5.41, 5.74) is 3.18. The SMILES string of the molecule is COCCNc1cncc(C(=O)Nc2ccccc2C(C)(C)C)c1. The number of hydrogen-bond acceptors (Lipinski definition) is 4. The van der Waals surface area contributed by atoms with Crippen LogP contribution in [0.2, 0.25) is 0 Å². The van der Waals surface area contributed by atoms with Crippen molar-refractivity contribution in [1.29, 1.82) is 0 Å². The van der Waals surface area contributed by atoms with Gasteiger partial charge in [-0.05, 0) is 23.1 Å². The number of amides is 1. The summed E-state index contributed by atoms with van der Waals surface area (Å²) >= 11 is 0. The largest absolute Gasteiger partial charge is 0.383 e. The van der Waals surface area contributed by atoms with Crippen LogP contribution in [0.15, 0.2) is 42.7 Å². The molecular formula is C19H25N3O2. The van der Waals surface area contributed by atoms with E-state index >= 15 is 0 Å². The van der Waals surface area contributed by atoms with Crippen molar-refractivity contribution in [2.75, 3.05) is 30.9 Å². The highest BCUT2D eigenvalue weighted by atomic mass is 16.5. The molecule has 24 heavy (non-hydrogen) atoms. The lowest BCUT2D eigenvalue weighted by molar-refractivity contribution is 0.102. The van der Waals surface area contributed by atoms with Gasteiger partial charge in [0.15, 0.2) is 0 Å². The Kier molecular flexibility index (Phi) is 5.93. The molecule has 0 bridgehead atoms. The molecule has 2 aromatic rings. The monoisotopic (exact) mass is 327 g/mol. The Labute approximate surface area is 143 Å². The number of anilines is 2. The van der Waals surface area contributed by atoms with E-state index in [-0.39, 0.29) is 11.3 Å². The number of pyridine rings is 1. The Hall–Kier alpha value is -2.40. The van der Waals surface area contributed by atoms with Gasteiger partial charge in [0.25, 0.3) is 5.91 Å². The zero-order valence-electron chi connectivity index (χ0n) is 14.7. The number of nitrogens with zero attached hydrogens (tertiary/aromatic N) is 1. The normalized spacial score (nSPS) is 11.2. The van der Waals surface area contributed by atoms with Crippen molar-refractivity contribution in [2.24, 2.45) is 0 Å². The second-order valence-corrected chi connectivity index (χ2v) is 6.63. The highest BCUT2D eigenvalue weighted by Gasteiger charge is 2.19. The summed E-state index contributed by atoms with van der Waals surface area (Å²) in [5.74, 6) is -0.172.